The number of rotatable bonds is 4. The van der Waals surface area contributed by atoms with Gasteiger partial charge in [-0.3, -0.25) is 13.9 Å². The van der Waals surface area contributed by atoms with Crippen molar-refractivity contribution in [1.29, 1.82) is 0 Å². The summed E-state index contributed by atoms with van der Waals surface area (Å²) in [7, 11) is -4.67. The first-order valence-electron chi connectivity index (χ1n) is 9.72. The molecular formula is C21H25N3O5S. The number of aromatic nitrogens is 2. The van der Waals surface area contributed by atoms with Gasteiger partial charge in [-0.2, -0.15) is 18.2 Å². The summed E-state index contributed by atoms with van der Waals surface area (Å²) in [6, 6.07) is 16.6. The van der Waals surface area contributed by atoms with Crippen molar-refractivity contribution in [1.82, 2.24) is 14.7 Å². The maximum absolute atomic E-state index is 11.9. The van der Waals surface area contributed by atoms with Crippen molar-refractivity contribution < 1.29 is 17.5 Å². The van der Waals surface area contributed by atoms with Gasteiger partial charge in [-0.15, -0.1) is 0 Å². The van der Waals surface area contributed by atoms with E-state index in [1.807, 2.05) is 12.1 Å². The first-order chi connectivity index (χ1) is 14.2. The number of hydrogen-bond donors (Lipinski definition) is 2. The summed E-state index contributed by atoms with van der Waals surface area (Å²) in [4.78, 5) is 14.5. The van der Waals surface area contributed by atoms with Gasteiger partial charge in [0.1, 0.15) is 0 Å². The third-order valence-corrected chi connectivity index (χ3v) is 5.23. The molecule has 30 heavy (non-hydrogen) atoms. The molecule has 0 bridgehead atoms. The van der Waals surface area contributed by atoms with Crippen LogP contribution in [0.2, 0.25) is 0 Å². The quantitative estimate of drug-likeness (QED) is 0.611. The molecule has 1 aliphatic heterocycles. The Bertz CT molecular complexity index is 1170. The molecule has 0 amide bonds. The Labute approximate surface area is 175 Å². The normalized spacial score (nSPS) is 17.0. The zero-order chi connectivity index (χ0) is 21.7. The Hall–Kier alpha value is -2.59. The number of benzene rings is 2. The fourth-order valence-corrected chi connectivity index (χ4v) is 3.72. The van der Waals surface area contributed by atoms with E-state index in [-0.39, 0.29) is 5.56 Å². The molecule has 3 aromatic rings. The molecule has 1 saturated heterocycles. The van der Waals surface area contributed by atoms with Crippen LogP contribution in [0.15, 0.2) is 59.5 Å². The van der Waals surface area contributed by atoms with E-state index in [1.165, 1.54) is 41.1 Å². The zero-order valence-electron chi connectivity index (χ0n) is 16.7. The Kier molecular flexibility index (Phi) is 6.99. The molecule has 1 atom stereocenters. The van der Waals surface area contributed by atoms with Crippen LogP contribution in [0.25, 0.3) is 16.5 Å². The van der Waals surface area contributed by atoms with Gasteiger partial charge in [-0.25, -0.2) is 0 Å². The van der Waals surface area contributed by atoms with Crippen LogP contribution in [-0.2, 0) is 16.8 Å². The number of fused-ring (bicyclic) bond motifs is 1. The summed E-state index contributed by atoms with van der Waals surface area (Å²) >= 11 is 0. The van der Waals surface area contributed by atoms with E-state index in [9.17, 15) is 4.79 Å². The minimum atomic E-state index is -4.67. The van der Waals surface area contributed by atoms with E-state index in [4.69, 9.17) is 17.5 Å². The van der Waals surface area contributed by atoms with Crippen molar-refractivity contribution in [3.8, 4) is 5.69 Å². The van der Waals surface area contributed by atoms with Gasteiger partial charge in [0.05, 0.1) is 5.69 Å². The molecule has 2 aromatic carbocycles. The van der Waals surface area contributed by atoms with E-state index in [0.717, 1.165) is 30.1 Å². The highest BCUT2D eigenvalue weighted by atomic mass is 32.3. The Morgan fingerprint density at radius 3 is 2.47 bits per heavy atom. The van der Waals surface area contributed by atoms with Crippen molar-refractivity contribution in [3.05, 3.63) is 70.6 Å². The van der Waals surface area contributed by atoms with Gasteiger partial charge in [0.15, 0.2) is 0 Å². The molecule has 0 saturated carbocycles. The maximum atomic E-state index is 11.9. The molecule has 4 rings (SSSR count). The Morgan fingerprint density at radius 2 is 1.80 bits per heavy atom. The summed E-state index contributed by atoms with van der Waals surface area (Å²) in [5.74, 6) is 0. The van der Waals surface area contributed by atoms with Gasteiger partial charge >= 0.3 is 10.4 Å². The second kappa shape index (κ2) is 9.48. The van der Waals surface area contributed by atoms with Gasteiger partial charge in [0.2, 0.25) is 0 Å². The third-order valence-electron chi connectivity index (χ3n) is 5.23. The van der Waals surface area contributed by atoms with E-state index in [2.05, 4.69) is 41.2 Å². The Morgan fingerprint density at radius 1 is 1.10 bits per heavy atom. The topological polar surface area (TPSA) is 113 Å². The van der Waals surface area contributed by atoms with Crippen LogP contribution in [0.3, 0.4) is 0 Å². The molecule has 1 fully saturated rings. The van der Waals surface area contributed by atoms with Crippen LogP contribution in [0, 0.1) is 0 Å². The molecule has 1 aliphatic rings. The van der Waals surface area contributed by atoms with E-state index in [0.29, 0.717) is 0 Å². The fraction of sp³-hybridized carbons (Fsp3) is 0.333. The minimum absolute atomic E-state index is 0.113. The summed E-state index contributed by atoms with van der Waals surface area (Å²) in [5.41, 5.74) is 2.06. The van der Waals surface area contributed by atoms with Gasteiger partial charge in [-0.1, -0.05) is 24.3 Å². The lowest BCUT2D eigenvalue weighted by atomic mass is 10.0. The number of nitrogens with zero attached hydrogens (tertiary/aromatic N) is 3. The average molecular weight is 432 g/mol. The molecular weight excluding hydrogens is 406 g/mol. The molecule has 0 aliphatic carbocycles. The van der Waals surface area contributed by atoms with Crippen LogP contribution in [-0.4, -0.2) is 51.3 Å². The third kappa shape index (κ3) is 6.20. The molecule has 1 aromatic heterocycles. The van der Waals surface area contributed by atoms with Gasteiger partial charge in [0, 0.05) is 24.8 Å². The average Bonchev–Trinajstić information content (AvgIpc) is 3.10. The second-order valence-electron chi connectivity index (χ2n) is 7.36. The fourth-order valence-electron chi connectivity index (χ4n) is 3.72. The monoisotopic (exact) mass is 431 g/mol. The summed E-state index contributed by atoms with van der Waals surface area (Å²) in [6.45, 7) is 4.69. The predicted octanol–water partition coefficient (Wildman–Crippen LogP) is 2.76. The lowest BCUT2D eigenvalue weighted by molar-refractivity contribution is 0.272. The molecule has 160 valence electrons. The van der Waals surface area contributed by atoms with Crippen molar-refractivity contribution in [3.63, 3.8) is 0 Å². The predicted molar refractivity (Wildman–Crippen MR) is 115 cm³/mol. The standard InChI is InChI=1S/C21H23N3O.H2O4S/c1-16-4-3-12-23(16)13-10-17-6-7-19-15-20(9-8-18(19)14-17)24-21(25)5-2-11-22-24;1-5(2,3)4/h2,5-9,11,14-16H,3-4,10,12-13H2,1H3;(H2,1,2,3,4)/t16-;/m1./s1. The van der Waals surface area contributed by atoms with Gasteiger partial charge in [-0.05, 0) is 67.3 Å². The largest absolute Gasteiger partial charge is 0.394 e. The minimum Gasteiger partial charge on any atom is -0.300 e. The summed E-state index contributed by atoms with van der Waals surface area (Å²) < 4.78 is 33.0. The lowest BCUT2D eigenvalue weighted by Crippen LogP contribution is -2.28. The number of hydrogen-bond acceptors (Lipinski definition) is 5. The van der Waals surface area contributed by atoms with Crippen molar-refractivity contribution in [2.24, 2.45) is 0 Å². The highest BCUT2D eigenvalue weighted by Gasteiger charge is 2.19. The Balaban J connectivity index is 0.000000461. The summed E-state index contributed by atoms with van der Waals surface area (Å²) in [6.07, 6.45) is 5.37. The number of likely N-dealkylation sites (tertiary alicyclic amines) is 1. The van der Waals surface area contributed by atoms with Gasteiger partial charge in [0.25, 0.3) is 5.56 Å². The molecule has 0 unspecified atom stereocenters. The van der Waals surface area contributed by atoms with E-state index < -0.39 is 10.4 Å². The van der Waals surface area contributed by atoms with Gasteiger partial charge < -0.3 is 4.90 Å². The SMILES string of the molecule is C[C@@H]1CCCN1CCc1ccc2cc(-n3ncccc3=O)ccc2c1.O=S(=O)(O)O. The summed E-state index contributed by atoms with van der Waals surface area (Å²) in [5, 5.41) is 6.49. The lowest BCUT2D eigenvalue weighted by Gasteiger charge is -2.20. The first-order valence-corrected chi connectivity index (χ1v) is 11.1. The van der Waals surface area contributed by atoms with Crippen LogP contribution in [0.4, 0.5) is 0 Å². The molecule has 0 spiro atoms. The van der Waals surface area contributed by atoms with Crippen molar-refractivity contribution >= 4 is 21.2 Å². The van der Waals surface area contributed by atoms with Crippen molar-refractivity contribution in [2.75, 3.05) is 13.1 Å². The molecule has 2 N–H and O–H groups in total. The smallest absolute Gasteiger partial charge is 0.300 e. The highest BCUT2D eigenvalue weighted by molar-refractivity contribution is 7.79. The zero-order valence-corrected chi connectivity index (χ0v) is 17.5. The molecule has 8 nitrogen and oxygen atoms in total. The first kappa shape index (κ1) is 22.1. The van der Waals surface area contributed by atoms with Crippen LogP contribution in [0.5, 0.6) is 0 Å². The van der Waals surface area contributed by atoms with Crippen molar-refractivity contribution in [2.45, 2.75) is 32.2 Å². The molecule has 0 radical (unpaired) electrons. The highest BCUT2D eigenvalue weighted by Crippen LogP contribution is 2.21. The van der Waals surface area contributed by atoms with E-state index in [1.54, 1.807) is 12.3 Å². The van der Waals surface area contributed by atoms with Crippen LogP contribution < -0.4 is 5.56 Å². The van der Waals surface area contributed by atoms with Crippen LogP contribution in [0.1, 0.15) is 25.3 Å². The molecule has 9 heteroatoms. The molecule has 2 heterocycles. The van der Waals surface area contributed by atoms with E-state index >= 15 is 0 Å². The maximum Gasteiger partial charge on any atom is 0.394 e. The van der Waals surface area contributed by atoms with Crippen LogP contribution >= 0.6 is 0 Å². The second-order valence-corrected chi connectivity index (χ2v) is 8.26.